The molecule has 0 saturated heterocycles. The molecule has 16 heavy (non-hydrogen) atoms. The van der Waals surface area contributed by atoms with E-state index >= 15 is 0 Å². The summed E-state index contributed by atoms with van der Waals surface area (Å²) in [6.07, 6.45) is 0.810. The number of aryl methyl sites for hydroxylation is 2. The zero-order valence-corrected chi connectivity index (χ0v) is 10.1. The van der Waals surface area contributed by atoms with Gasteiger partial charge in [-0.3, -0.25) is 0 Å². The van der Waals surface area contributed by atoms with Crippen molar-refractivity contribution in [1.82, 2.24) is 9.97 Å². The Balaban J connectivity index is 2.41. The molecule has 0 N–H and O–H groups in total. The first-order valence-electron chi connectivity index (χ1n) is 5.30. The quantitative estimate of drug-likeness (QED) is 0.820. The van der Waals surface area contributed by atoms with Crippen LogP contribution in [0.5, 0.6) is 0 Å². The minimum absolute atomic E-state index is 0.775. The molecule has 0 radical (unpaired) electrons. The Kier molecular flexibility index (Phi) is 3.57. The summed E-state index contributed by atoms with van der Waals surface area (Å²) in [5, 5.41) is 0. The third-order valence-electron chi connectivity index (χ3n) is 2.31. The number of aromatic nitrogens is 2. The molecule has 0 bridgehead atoms. The molecule has 0 saturated carbocycles. The lowest BCUT2D eigenvalue weighted by Gasteiger charge is -2.05. The van der Waals surface area contributed by atoms with Crippen LogP contribution in [0.25, 0.3) is 11.3 Å². The van der Waals surface area contributed by atoms with E-state index in [-0.39, 0.29) is 0 Å². The molecule has 0 spiro atoms. The van der Waals surface area contributed by atoms with Crippen molar-refractivity contribution in [3.63, 3.8) is 0 Å². The minimum atomic E-state index is 0.775. The molecule has 1 heterocycles. The highest BCUT2D eigenvalue weighted by molar-refractivity contribution is 7.80. The molecular weight excluding hydrogens is 216 g/mol. The maximum atomic E-state index is 4.53. The van der Waals surface area contributed by atoms with Crippen LogP contribution in [0, 0.1) is 6.92 Å². The van der Waals surface area contributed by atoms with Gasteiger partial charge in [-0.05, 0) is 18.7 Å². The summed E-state index contributed by atoms with van der Waals surface area (Å²) < 4.78 is 0. The van der Waals surface area contributed by atoms with Crippen molar-refractivity contribution in [2.24, 2.45) is 0 Å². The highest BCUT2D eigenvalue weighted by Gasteiger charge is 2.03. The average molecular weight is 230 g/mol. The third-order valence-corrected chi connectivity index (χ3v) is 2.53. The standard InChI is InChI=1S/C13H14N2S/c1-10-9-12(11-5-3-2-4-6-11)15-13(14-10)7-8-16/h2-6,9,16H,7-8H2,1H3. The van der Waals surface area contributed by atoms with Crippen molar-refractivity contribution < 1.29 is 0 Å². The molecule has 0 fully saturated rings. The Morgan fingerprint density at radius 3 is 2.56 bits per heavy atom. The van der Waals surface area contributed by atoms with Crippen LogP contribution in [0.4, 0.5) is 0 Å². The van der Waals surface area contributed by atoms with Crippen LogP contribution in [-0.4, -0.2) is 15.7 Å². The molecule has 0 unspecified atom stereocenters. The maximum Gasteiger partial charge on any atom is 0.130 e. The van der Waals surface area contributed by atoms with Gasteiger partial charge in [0.15, 0.2) is 0 Å². The second-order valence-corrected chi connectivity index (χ2v) is 4.10. The Labute approximate surface area is 101 Å². The lowest BCUT2D eigenvalue weighted by atomic mass is 10.1. The summed E-state index contributed by atoms with van der Waals surface area (Å²) in [5.74, 6) is 1.64. The Hall–Kier alpha value is -1.35. The molecule has 1 aromatic carbocycles. The van der Waals surface area contributed by atoms with E-state index in [1.165, 1.54) is 0 Å². The number of nitrogens with zero attached hydrogens (tertiary/aromatic N) is 2. The fourth-order valence-corrected chi connectivity index (χ4v) is 1.80. The fraction of sp³-hybridized carbons (Fsp3) is 0.231. The van der Waals surface area contributed by atoms with E-state index in [1.54, 1.807) is 0 Å². The van der Waals surface area contributed by atoms with Gasteiger partial charge >= 0.3 is 0 Å². The van der Waals surface area contributed by atoms with E-state index in [4.69, 9.17) is 0 Å². The largest absolute Gasteiger partial charge is 0.238 e. The van der Waals surface area contributed by atoms with Crippen molar-refractivity contribution >= 4 is 12.6 Å². The monoisotopic (exact) mass is 230 g/mol. The number of thiol groups is 1. The molecule has 0 atom stereocenters. The van der Waals surface area contributed by atoms with Crippen LogP contribution < -0.4 is 0 Å². The van der Waals surface area contributed by atoms with Crippen LogP contribution in [0.1, 0.15) is 11.5 Å². The SMILES string of the molecule is Cc1cc(-c2ccccc2)nc(CCS)n1. The van der Waals surface area contributed by atoms with E-state index in [0.29, 0.717) is 0 Å². The molecule has 0 aliphatic rings. The van der Waals surface area contributed by atoms with Gasteiger partial charge in [0, 0.05) is 17.7 Å². The second-order valence-electron chi connectivity index (χ2n) is 3.65. The van der Waals surface area contributed by atoms with Gasteiger partial charge in [-0.2, -0.15) is 12.6 Å². The number of hydrogen-bond acceptors (Lipinski definition) is 3. The van der Waals surface area contributed by atoms with E-state index < -0.39 is 0 Å². The first-order valence-corrected chi connectivity index (χ1v) is 5.93. The number of benzene rings is 1. The summed E-state index contributed by atoms with van der Waals surface area (Å²) >= 11 is 4.21. The lowest BCUT2D eigenvalue weighted by Crippen LogP contribution is -1.99. The summed E-state index contributed by atoms with van der Waals surface area (Å²) in [7, 11) is 0. The fourth-order valence-electron chi connectivity index (χ4n) is 1.60. The number of rotatable bonds is 3. The van der Waals surface area contributed by atoms with Crippen molar-refractivity contribution in [1.29, 1.82) is 0 Å². The zero-order chi connectivity index (χ0) is 11.4. The van der Waals surface area contributed by atoms with Crippen molar-refractivity contribution in [2.75, 3.05) is 5.75 Å². The summed E-state index contributed by atoms with van der Waals surface area (Å²) in [4.78, 5) is 8.92. The molecule has 3 heteroatoms. The predicted molar refractivity (Wildman–Crippen MR) is 69.8 cm³/mol. The molecule has 2 aromatic rings. The topological polar surface area (TPSA) is 25.8 Å². The van der Waals surface area contributed by atoms with E-state index in [9.17, 15) is 0 Å². The van der Waals surface area contributed by atoms with Crippen molar-refractivity contribution in [3.05, 3.63) is 47.9 Å². The van der Waals surface area contributed by atoms with Gasteiger partial charge in [0.25, 0.3) is 0 Å². The van der Waals surface area contributed by atoms with Gasteiger partial charge < -0.3 is 0 Å². The summed E-state index contributed by atoms with van der Waals surface area (Å²) in [6, 6.07) is 12.2. The molecule has 0 amide bonds. The van der Waals surface area contributed by atoms with Crippen molar-refractivity contribution in [2.45, 2.75) is 13.3 Å². The Morgan fingerprint density at radius 2 is 1.88 bits per heavy atom. The molecule has 1 aromatic heterocycles. The van der Waals surface area contributed by atoms with Crippen LogP contribution in [0.2, 0.25) is 0 Å². The Morgan fingerprint density at radius 1 is 1.12 bits per heavy atom. The van der Waals surface area contributed by atoms with Gasteiger partial charge in [0.2, 0.25) is 0 Å². The molecule has 2 nitrogen and oxygen atoms in total. The third kappa shape index (κ3) is 2.61. The van der Waals surface area contributed by atoms with Crippen molar-refractivity contribution in [3.8, 4) is 11.3 Å². The maximum absolute atomic E-state index is 4.53. The zero-order valence-electron chi connectivity index (χ0n) is 9.22. The highest BCUT2D eigenvalue weighted by atomic mass is 32.1. The molecule has 0 aliphatic heterocycles. The van der Waals surface area contributed by atoms with Gasteiger partial charge in [-0.25, -0.2) is 9.97 Å². The van der Waals surface area contributed by atoms with E-state index in [1.807, 2.05) is 31.2 Å². The smallest absolute Gasteiger partial charge is 0.130 e. The summed E-state index contributed by atoms with van der Waals surface area (Å²) in [6.45, 7) is 2.00. The normalized spacial score (nSPS) is 10.4. The average Bonchev–Trinajstić information content (AvgIpc) is 2.30. The van der Waals surface area contributed by atoms with Gasteiger partial charge in [0.05, 0.1) is 5.69 Å². The van der Waals surface area contributed by atoms with E-state index in [2.05, 4.69) is 34.7 Å². The van der Waals surface area contributed by atoms with Gasteiger partial charge in [0.1, 0.15) is 5.82 Å². The van der Waals surface area contributed by atoms with Gasteiger partial charge in [-0.15, -0.1) is 0 Å². The molecular formula is C13H14N2S. The van der Waals surface area contributed by atoms with Crippen LogP contribution >= 0.6 is 12.6 Å². The first-order chi connectivity index (χ1) is 7.79. The van der Waals surface area contributed by atoms with Crippen LogP contribution in [0.3, 0.4) is 0 Å². The Bertz CT molecular complexity index is 469. The molecule has 2 rings (SSSR count). The van der Waals surface area contributed by atoms with E-state index in [0.717, 1.165) is 34.9 Å². The first kappa shape index (κ1) is 11.1. The molecule has 82 valence electrons. The summed E-state index contributed by atoms with van der Waals surface area (Å²) in [5.41, 5.74) is 3.13. The lowest BCUT2D eigenvalue weighted by molar-refractivity contribution is 0.930. The highest BCUT2D eigenvalue weighted by Crippen LogP contribution is 2.17. The number of hydrogen-bond donors (Lipinski definition) is 1. The predicted octanol–water partition coefficient (Wildman–Crippen LogP) is 2.92. The second kappa shape index (κ2) is 5.12. The van der Waals surface area contributed by atoms with Crippen LogP contribution in [0.15, 0.2) is 36.4 Å². The minimum Gasteiger partial charge on any atom is -0.238 e. The molecule has 0 aliphatic carbocycles. The van der Waals surface area contributed by atoms with Gasteiger partial charge in [-0.1, -0.05) is 30.3 Å². The van der Waals surface area contributed by atoms with Crippen LogP contribution in [-0.2, 0) is 6.42 Å².